The maximum Gasteiger partial charge on any atom is 0.338 e. The fourth-order valence-electron chi connectivity index (χ4n) is 3.74. The smallest absolute Gasteiger partial charge is 0.338 e. The number of aromatic carboxylic acids is 1. The van der Waals surface area contributed by atoms with Gasteiger partial charge in [0.2, 0.25) is 0 Å². The summed E-state index contributed by atoms with van der Waals surface area (Å²) < 4.78 is 31.0. The Balaban J connectivity index is 0.000000304. The van der Waals surface area contributed by atoms with Gasteiger partial charge in [-0.05, 0) is 43.4 Å². The molecule has 1 fully saturated rings. The van der Waals surface area contributed by atoms with Crippen molar-refractivity contribution in [3.63, 3.8) is 0 Å². The number of halogens is 4. The Morgan fingerprint density at radius 3 is 2.03 bits per heavy atom. The highest BCUT2D eigenvalue weighted by atomic mass is 35.5. The standard InChI is InChI=1S/C20H20ClFN2O3.C6H3ClFNO2/c21-18-17(10-15(22)11-23-18)19(25)24-16-8-6-14(7-9-16)20(26)27-12-13-4-2-1-3-5-13;7-5-4(6(10)11)1-3(8)2-9-5/h1-5,10-11,14,16H,6-9,12H2,(H,24,25);1-2H,(H,10,11). The lowest BCUT2D eigenvalue weighted by molar-refractivity contribution is -0.151. The van der Waals surface area contributed by atoms with Gasteiger partial charge in [0.15, 0.2) is 0 Å². The number of carbonyl (C=O) groups excluding carboxylic acids is 2. The zero-order valence-electron chi connectivity index (χ0n) is 19.9. The highest BCUT2D eigenvalue weighted by Gasteiger charge is 2.29. The molecule has 12 heteroatoms. The van der Waals surface area contributed by atoms with Crippen molar-refractivity contribution in [2.75, 3.05) is 0 Å². The first kappa shape index (κ1) is 28.9. The van der Waals surface area contributed by atoms with Crippen LogP contribution in [0.1, 0.15) is 52.0 Å². The number of rotatable bonds is 6. The molecule has 1 aliphatic rings. The largest absolute Gasteiger partial charge is 0.478 e. The number of amides is 1. The van der Waals surface area contributed by atoms with Crippen molar-refractivity contribution in [1.82, 2.24) is 15.3 Å². The van der Waals surface area contributed by atoms with Gasteiger partial charge in [-0.15, -0.1) is 0 Å². The van der Waals surface area contributed by atoms with Crippen molar-refractivity contribution in [2.45, 2.75) is 38.3 Å². The van der Waals surface area contributed by atoms with Gasteiger partial charge >= 0.3 is 11.9 Å². The number of hydrogen-bond acceptors (Lipinski definition) is 6. The molecule has 0 bridgehead atoms. The van der Waals surface area contributed by atoms with Crippen molar-refractivity contribution >= 4 is 41.0 Å². The lowest BCUT2D eigenvalue weighted by Gasteiger charge is -2.28. The molecule has 0 aliphatic heterocycles. The van der Waals surface area contributed by atoms with Crippen molar-refractivity contribution in [2.24, 2.45) is 5.92 Å². The minimum atomic E-state index is -1.29. The Morgan fingerprint density at radius 1 is 0.921 bits per heavy atom. The molecule has 1 amide bonds. The van der Waals surface area contributed by atoms with E-state index in [9.17, 15) is 23.2 Å². The summed E-state index contributed by atoms with van der Waals surface area (Å²) in [5, 5.41) is 11.0. The number of carboxylic acids is 1. The molecule has 1 saturated carbocycles. The van der Waals surface area contributed by atoms with E-state index >= 15 is 0 Å². The number of carboxylic acid groups (broad SMARTS) is 1. The third-order valence-electron chi connectivity index (χ3n) is 5.71. The van der Waals surface area contributed by atoms with E-state index in [-0.39, 0.29) is 46.0 Å². The SMILES string of the molecule is O=C(NC1CCC(C(=O)OCc2ccccc2)CC1)c1cc(F)cnc1Cl.O=C(O)c1cc(F)cnc1Cl. The van der Waals surface area contributed by atoms with Crippen LogP contribution in [0.25, 0.3) is 0 Å². The molecule has 38 heavy (non-hydrogen) atoms. The van der Waals surface area contributed by atoms with E-state index in [1.54, 1.807) is 0 Å². The van der Waals surface area contributed by atoms with E-state index < -0.39 is 23.5 Å². The number of esters is 1. The fraction of sp³-hybridized carbons (Fsp3) is 0.269. The van der Waals surface area contributed by atoms with Crippen LogP contribution in [-0.4, -0.2) is 39.0 Å². The Labute approximate surface area is 227 Å². The maximum atomic E-state index is 13.3. The molecule has 200 valence electrons. The number of nitrogens with one attached hydrogen (secondary N) is 1. The molecular formula is C26H23Cl2F2N3O5. The molecule has 1 aliphatic carbocycles. The number of aromatic nitrogens is 2. The summed E-state index contributed by atoms with van der Waals surface area (Å²) in [4.78, 5) is 41.7. The Hall–Kier alpha value is -3.63. The summed E-state index contributed by atoms with van der Waals surface area (Å²) in [6.07, 6.45) is 4.38. The van der Waals surface area contributed by atoms with Gasteiger partial charge in [0.25, 0.3) is 5.91 Å². The fourth-order valence-corrected chi connectivity index (χ4v) is 4.11. The van der Waals surface area contributed by atoms with Crippen LogP contribution in [0.4, 0.5) is 8.78 Å². The first-order chi connectivity index (χ1) is 18.1. The zero-order chi connectivity index (χ0) is 27.7. The van der Waals surface area contributed by atoms with E-state index in [0.717, 1.165) is 30.1 Å². The lowest BCUT2D eigenvalue weighted by Crippen LogP contribution is -2.39. The van der Waals surface area contributed by atoms with Crippen LogP contribution < -0.4 is 5.32 Å². The van der Waals surface area contributed by atoms with Crippen molar-refractivity contribution in [3.05, 3.63) is 93.5 Å². The zero-order valence-corrected chi connectivity index (χ0v) is 21.4. The Morgan fingerprint density at radius 2 is 1.47 bits per heavy atom. The molecule has 1 aromatic carbocycles. The average Bonchev–Trinajstić information content (AvgIpc) is 2.91. The molecule has 0 spiro atoms. The molecule has 0 saturated heterocycles. The van der Waals surface area contributed by atoms with Gasteiger partial charge in [-0.3, -0.25) is 9.59 Å². The second-order valence-corrected chi connectivity index (χ2v) is 9.12. The topological polar surface area (TPSA) is 118 Å². The molecular weight excluding hydrogens is 543 g/mol. The summed E-state index contributed by atoms with van der Waals surface area (Å²) in [5.74, 6) is -3.45. The number of carbonyl (C=O) groups is 3. The molecule has 0 radical (unpaired) electrons. The second-order valence-electron chi connectivity index (χ2n) is 8.40. The molecule has 0 atom stereocenters. The van der Waals surface area contributed by atoms with Crippen LogP contribution in [0.15, 0.2) is 54.9 Å². The minimum absolute atomic E-state index is 0.0149. The van der Waals surface area contributed by atoms with Gasteiger partial charge in [0.05, 0.1) is 29.4 Å². The first-order valence-electron chi connectivity index (χ1n) is 11.5. The van der Waals surface area contributed by atoms with E-state index in [2.05, 4.69) is 15.3 Å². The highest BCUT2D eigenvalue weighted by molar-refractivity contribution is 6.32. The van der Waals surface area contributed by atoms with Crippen LogP contribution in [0.5, 0.6) is 0 Å². The monoisotopic (exact) mass is 565 g/mol. The van der Waals surface area contributed by atoms with Crippen LogP contribution in [-0.2, 0) is 16.1 Å². The van der Waals surface area contributed by atoms with Gasteiger partial charge in [-0.2, -0.15) is 0 Å². The van der Waals surface area contributed by atoms with E-state index in [1.165, 1.54) is 0 Å². The summed E-state index contributed by atoms with van der Waals surface area (Å²) >= 11 is 11.2. The van der Waals surface area contributed by atoms with Crippen LogP contribution in [0, 0.1) is 17.6 Å². The molecule has 8 nitrogen and oxygen atoms in total. The van der Waals surface area contributed by atoms with Gasteiger partial charge in [0.1, 0.15) is 28.5 Å². The number of nitrogens with zero attached hydrogens (tertiary/aromatic N) is 2. The number of benzene rings is 1. The summed E-state index contributed by atoms with van der Waals surface area (Å²) in [6.45, 7) is 0.265. The van der Waals surface area contributed by atoms with E-state index in [1.807, 2.05) is 30.3 Å². The van der Waals surface area contributed by atoms with Crippen molar-refractivity contribution < 1.29 is 33.0 Å². The van der Waals surface area contributed by atoms with E-state index in [4.69, 9.17) is 33.0 Å². The second kappa shape index (κ2) is 13.8. The molecule has 4 rings (SSSR count). The number of hydrogen-bond donors (Lipinski definition) is 2. The minimum Gasteiger partial charge on any atom is -0.478 e. The van der Waals surface area contributed by atoms with Crippen molar-refractivity contribution in [1.29, 1.82) is 0 Å². The molecule has 2 N–H and O–H groups in total. The van der Waals surface area contributed by atoms with Crippen molar-refractivity contribution in [3.8, 4) is 0 Å². The Kier molecular flexibility index (Phi) is 10.5. The lowest BCUT2D eigenvalue weighted by atomic mass is 9.86. The van der Waals surface area contributed by atoms with Gasteiger partial charge in [-0.1, -0.05) is 53.5 Å². The number of ether oxygens (including phenoxy) is 1. The van der Waals surface area contributed by atoms with Crippen LogP contribution in [0.3, 0.4) is 0 Å². The molecule has 3 aromatic rings. The third kappa shape index (κ3) is 8.46. The predicted octanol–water partition coefficient (Wildman–Crippen LogP) is 5.48. The molecule has 2 aromatic heterocycles. The quantitative estimate of drug-likeness (QED) is 0.300. The van der Waals surface area contributed by atoms with Crippen LogP contribution in [0.2, 0.25) is 10.3 Å². The summed E-state index contributed by atoms with van der Waals surface area (Å²) in [7, 11) is 0. The Bertz CT molecular complexity index is 1290. The maximum absolute atomic E-state index is 13.3. The van der Waals surface area contributed by atoms with Crippen LogP contribution >= 0.6 is 23.2 Å². The summed E-state index contributed by atoms with van der Waals surface area (Å²) in [6, 6.07) is 11.3. The normalized spacial score (nSPS) is 16.5. The van der Waals surface area contributed by atoms with Gasteiger partial charge < -0.3 is 15.2 Å². The molecule has 2 heterocycles. The molecule has 0 unspecified atom stereocenters. The van der Waals surface area contributed by atoms with Gasteiger partial charge in [0, 0.05) is 6.04 Å². The van der Waals surface area contributed by atoms with Gasteiger partial charge in [-0.25, -0.2) is 23.5 Å². The third-order valence-corrected chi connectivity index (χ3v) is 6.31. The summed E-state index contributed by atoms with van der Waals surface area (Å²) in [5.41, 5.74) is 0.639. The highest BCUT2D eigenvalue weighted by Crippen LogP contribution is 2.26. The van der Waals surface area contributed by atoms with E-state index in [0.29, 0.717) is 25.7 Å². The first-order valence-corrected chi connectivity index (χ1v) is 12.3. The predicted molar refractivity (Wildman–Crippen MR) is 135 cm³/mol. The average molecular weight is 566 g/mol. The number of pyridine rings is 2.